The fourth-order valence-corrected chi connectivity index (χ4v) is 2.58. The maximum absolute atomic E-state index is 11.7. The molecule has 1 amide bonds. The number of nitrogens with one attached hydrogen (secondary N) is 2. The molecule has 0 saturated carbocycles. The number of hydrogen-bond donors (Lipinski definition) is 2. The summed E-state index contributed by atoms with van der Waals surface area (Å²) in [5, 5.41) is 6.65. The van der Waals surface area contributed by atoms with Crippen LogP contribution in [0, 0.1) is 5.92 Å². The first-order valence-electron chi connectivity index (χ1n) is 8.60. The van der Waals surface area contributed by atoms with Crippen LogP contribution < -0.4 is 10.6 Å². The topological polar surface area (TPSA) is 79.8 Å². The molecule has 27 heavy (non-hydrogen) atoms. The lowest BCUT2D eigenvalue weighted by atomic mass is 10.1. The fourth-order valence-electron chi connectivity index (χ4n) is 2.39. The molecule has 1 aromatic carbocycles. The van der Waals surface area contributed by atoms with E-state index in [1.54, 1.807) is 24.5 Å². The highest BCUT2D eigenvalue weighted by Crippen LogP contribution is 2.21. The van der Waals surface area contributed by atoms with Crippen molar-refractivity contribution < 1.29 is 4.79 Å². The highest BCUT2D eigenvalue weighted by Gasteiger charge is 2.08. The average Bonchev–Trinajstić information content (AvgIpc) is 2.66. The van der Waals surface area contributed by atoms with E-state index in [4.69, 9.17) is 11.6 Å². The number of halogens is 1. The minimum absolute atomic E-state index is 0.00255. The van der Waals surface area contributed by atoms with Gasteiger partial charge in [-0.2, -0.15) is 0 Å². The number of amides is 1. The molecule has 0 aliphatic carbocycles. The van der Waals surface area contributed by atoms with Crippen molar-refractivity contribution in [2.24, 2.45) is 5.92 Å². The third-order valence-corrected chi connectivity index (χ3v) is 4.05. The van der Waals surface area contributed by atoms with E-state index in [0.29, 0.717) is 17.5 Å². The Balaban J connectivity index is 1.76. The Kier molecular flexibility index (Phi) is 5.98. The van der Waals surface area contributed by atoms with E-state index < -0.39 is 0 Å². The number of carbonyl (C=O) groups excluding carboxylic acids is 1. The number of benzene rings is 1. The molecule has 3 aromatic rings. The van der Waals surface area contributed by atoms with Crippen molar-refractivity contribution in [3.63, 3.8) is 0 Å². The van der Waals surface area contributed by atoms with Crippen LogP contribution in [0.3, 0.4) is 0 Å². The van der Waals surface area contributed by atoms with Crippen LogP contribution in [-0.2, 0) is 11.3 Å². The van der Waals surface area contributed by atoms with Crippen molar-refractivity contribution in [3.05, 3.63) is 65.6 Å². The zero-order chi connectivity index (χ0) is 19.2. The Labute approximate surface area is 163 Å². The van der Waals surface area contributed by atoms with E-state index in [1.807, 2.05) is 44.2 Å². The second kappa shape index (κ2) is 8.60. The quantitative estimate of drug-likeness (QED) is 0.668. The van der Waals surface area contributed by atoms with Crippen LogP contribution in [0.5, 0.6) is 0 Å². The predicted octanol–water partition coefficient (Wildman–Crippen LogP) is 4.21. The summed E-state index contributed by atoms with van der Waals surface area (Å²) in [6.45, 7) is 4.09. The summed E-state index contributed by atoms with van der Waals surface area (Å²) >= 11 is 6.01. The molecule has 3 rings (SSSR count). The average molecular weight is 382 g/mol. The van der Waals surface area contributed by atoms with Crippen LogP contribution in [0.25, 0.3) is 11.3 Å². The third kappa shape index (κ3) is 5.24. The predicted molar refractivity (Wildman–Crippen MR) is 107 cm³/mol. The molecule has 0 bridgehead atoms. The van der Waals surface area contributed by atoms with Gasteiger partial charge in [-0.3, -0.25) is 9.78 Å². The highest BCUT2D eigenvalue weighted by molar-refractivity contribution is 6.30. The molecule has 0 aliphatic heterocycles. The summed E-state index contributed by atoms with van der Waals surface area (Å²) in [4.78, 5) is 24.8. The third-order valence-electron chi connectivity index (χ3n) is 3.82. The molecule has 0 aliphatic rings. The van der Waals surface area contributed by atoms with Gasteiger partial charge in [-0.05, 0) is 36.4 Å². The van der Waals surface area contributed by atoms with Gasteiger partial charge in [0.05, 0.1) is 17.9 Å². The van der Waals surface area contributed by atoms with Gasteiger partial charge in [0.25, 0.3) is 0 Å². The van der Waals surface area contributed by atoms with Gasteiger partial charge in [0.1, 0.15) is 0 Å². The summed E-state index contributed by atoms with van der Waals surface area (Å²) in [5.74, 6) is 0.411. The summed E-state index contributed by atoms with van der Waals surface area (Å²) in [6.07, 6.45) is 3.40. The minimum Gasteiger partial charge on any atom is -0.350 e. The molecule has 2 aromatic heterocycles. The molecule has 2 N–H and O–H groups in total. The van der Waals surface area contributed by atoms with E-state index in [-0.39, 0.29) is 11.8 Å². The molecular formula is C20H20ClN5O. The maximum atomic E-state index is 11.7. The zero-order valence-electron chi connectivity index (χ0n) is 15.1. The van der Waals surface area contributed by atoms with E-state index >= 15 is 0 Å². The Hall–Kier alpha value is -2.99. The molecule has 0 spiro atoms. The standard InChI is InChI=1S/C20H20ClN5O/c1-13(2)19(27)24-12-17-10-14(6-8-22-17)18-7-9-23-20(26-18)25-16-5-3-4-15(21)11-16/h3-11,13H,12H2,1-2H3,(H,24,27)(H,23,25,26). The molecule has 0 radical (unpaired) electrons. The Morgan fingerprint density at radius 3 is 2.70 bits per heavy atom. The second-order valence-corrected chi connectivity index (χ2v) is 6.75. The van der Waals surface area contributed by atoms with Crippen LogP contribution in [0.2, 0.25) is 5.02 Å². The van der Waals surface area contributed by atoms with Gasteiger partial charge in [-0.25, -0.2) is 9.97 Å². The van der Waals surface area contributed by atoms with Crippen LogP contribution in [-0.4, -0.2) is 20.9 Å². The van der Waals surface area contributed by atoms with Crippen molar-refractivity contribution >= 4 is 29.1 Å². The first kappa shape index (κ1) is 18.8. The van der Waals surface area contributed by atoms with Crippen LogP contribution in [0.15, 0.2) is 54.9 Å². The van der Waals surface area contributed by atoms with Gasteiger partial charge in [0.2, 0.25) is 11.9 Å². The first-order chi connectivity index (χ1) is 13.0. The van der Waals surface area contributed by atoms with Crippen molar-refractivity contribution in [3.8, 4) is 11.3 Å². The maximum Gasteiger partial charge on any atom is 0.227 e. The summed E-state index contributed by atoms with van der Waals surface area (Å²) in [6, 6.07) is 13.0. The molecule has 0 unspecified atom stereocenters. The number of anilines is 2. The SMILES string of the molecule is CC(C)C(=O)NCc1cc(-c2ccnc(Nc3cccc(Cl)c3)n2)ccn1. The van der Waals surface area contributed by atoms with Gasteiger partial charge < -0.3 is 10.6 Å². The molecule has 138 valence electrons. The molecule has 7 heteroatoms. The smallest absolute Gasteiger partial charge is 0.227 e. The summed E-state index contributed by atoms with van der Waals surface area (Å²) in [5.41, 5.74) is 3.24. The number of aromatic nitrogens is 3. The highest BCUT2D eigenvalue weighted by atomic mass is 35.5. The number of rotatable bonds is 6. The van der Waals surface area contributed by atoms with E-state index in [9.17, 15) is 4.79 Å². The number of pyridine rings is 1. The van der Waals surface area contributed by atoms with Gasteiger partial charge >= 0.3 is 0 Å². The first-order valence-corrected chi connectivity index (χ1v) is 8.98. The summed E-state index contributed by atoms with van der Waals surface area (Å²) < 4.78 is 0. The minimum atomic E-state index is -0.0600. The van der Waals surface area contributed by atoms with Crippen molar-refractivity contribution in [1.29, 1.82) is 0 Å². The Morgan fingerprint density at radius 1 is 1.11 bits per heavy atom. The lowest BCUT2D eigenvalue weighted by molar-refractivity contribution is -0.124. The molecule has 2 heterocycles. The van der Waals surface area contributed by atoms with Crippen molar-refractivity contribution in [1.82, 2.24) is 20.3 Å². The molecular weight excluding hydrogens is 362 g/mol. The van der Waals surface area contributed by atoms with Crippen molar-refractivity contribution in [2.45, 2.75) is 20.4 Å². The van der Waals surface area contributed by atoms with Crippen molar-refractivity contribution in [2.75, 3.05) is 5.32 Å². The summed E-state index contributed by atoms with van der Waals surface area (Å²) in [7, 11) is 0. The Morgan fingerprint density at radius 2 is 1.93 bits per heavy atom. The van der Waals surface area contributed by atoms with E-state index in [0.717, 1.165) is 22.6 Å². The lowest BCUT2D eigenvalue weighted by Gasteiger charge is -2.09. The fraction of sp³-hybridized carbons (Fsp3) is 0.200. The van der Waals surface area contributed by atoms with Crippen LogP contribution in [0.1, 0.15) is 19.5 Å². The number of hydrogen-bond acceptors (Lipinski definition) is 5. The molecule has 6 nitrogen and oxygen atoms in total. The van der Waals surface area contributed by atoms with Crippen LogP contribution in [0.4, 0.5) is 11.6 Å². The lowest BCUT2D eigenvalue weighted by Crippen LogP contribution is -2.27. The largest absolute Gasteiger partial charge is 0.350 e. The Bertz CT molecular complexity index is 945. The zero-order valence-corrected chi connectivity index (χ0v) is 15.9. The number of carbonyl (C=O) groups is 1. The monoisotopic (exact) mass is 381 g/mol. The second-order valence-electron chi connectivity index (χ2n) is 6.31. The van der Waals surface area contributed by atoms with E-state index in [2.05, 4.69) is 25.6 Å². The molecule has 0 atom stereocenters. The molecule has 0 fully saturated rings. The normalized spacial score (nSPS) is 10.7. The van der Waals surface area contributed by atoms with Gasteiger partial charge in [-0.1, -0.05) is 31.5 Å². The molecule has 0 saturated heterocycles. The number of nitrogens with zero attached hydrogens (tertiary/aromatic N) is 3. The van der Waals surface area contributed by atoms with Crippen LogP contribution >= 0.6 is 11.6 Å². The van der Waals surface area contributed by atoms with E-state index in [1.165, 1.54) is 0 Å². The van der Waals surface area contributed by atoms with Gasteiger partial charge in [-0.15, -0.1) is 0 Å². The van der Waals surface area contributed by atoms with Gasteiger partial charge in [0.15, 0.2) is 0 Å². The van der Waals surface area contributed by atoms with Gasteiger partial charge in [0, 0.05) is 34.6 Å².